The molecule has 1 radical (unpaired) electrons. The predicted molar refractivity (Wildman–Crippen MR) is 48.3 cm³/mol. The third kappa shape index (κ3) is 5.63. The molecule has 0 bridgehead atoms. The second-order valence-electron chi connectivity index (χ2n) is 2.16. The van der Waals surface area contributed by atoms with Gasteiger partial charge in [0.15, 0.2) is 5.76 Å². The Bertz CT molecular complexity index is 255. The first-order valence-electron chi connectivity index (χ1n) is 3.18. The van der Waals surface area contributed by atoms with Gasteiger partial charge in [-0.15, -0.1) is 0 Å². The number of aliphatic carboxylic acids is 1. The summed E-state index contributed by atoms with van der Waals surface area (Å²) in [5.74, 6) is -1.93. The number of carbonyl (C=O) groups is 2. The minimum atomic E-state index is -1.22. The Hall–Kier alpha value is -0.580. The van der Waals surface area contributed by atoms with Crippen LogP contribution in [0.5, 0.6) is 0 Å². The van der Waals surface area contributed by atoms with Crippen LogP contribution in [0.25, 0.3) is 0 Å². The molecular weight excluding hydrogens is 183 g/mol. The fourth-order valence-corrected chi connectivity index (χ4v) is 0.540. The molecule has 0 heterocycles. The van der Waals surface area contributed by atoms with Gasteiger partial charge in [-0.05, 0) is 12.5 Å². The summed E-state index contributed by atoms with van der Waals surface area (Å²) < 4.78 is 4.55. The number of allylic oxidation sites excluding steroid dienone is 1. The largest absolute Gasteiger partial charge is 0.492 e. The van der Waals surface area contributed by atoms with Crippen molar-refractivity contribution in [1.29, 1.82) is 0 Å². The molecule has 1 N–H and O–H groups in total. The standard InChI is InChI=1S/C8H10O4.Na/c1-5(2)8(11)6(12-3)4-7(9)10;/h4H,1H2,2-3H3,(H,9,10);. The van der Waals surface area contributed by atoms with Gasteiger partial charge in [0.1, 0.15) is 0 Å². The summed E-state index contributed by atoms with van der Waals surface area (Å²) in [5.41, 5.74) is 0.240. The topological polar surface area (TPSA) is 63.6 Å². The molecule has 0 unspecified atom stereocenters. The summed E-state index contributed by atoms with van der Waals surface area (Å²) in [4.78, 5) is 21.2. The fourth-order valence-electron chi connectivity index (χ4n) is 0.540. The first-order chi connectivity index (χ1) is 5.49. The maximum absolute atomic E-state index is 11.1. The summed E-state index contributed by atoms with van der Waals surface area (Å²) in [7, 11) is 1.23. The van der Waals surface area contributed by atoms with E-state index in [2.05, 4.69) is 11.3 Å². The van der Waals surface area contributed by atoms with Gasteiger partial charge in [-0.25, -0.2) is 4.79 Å². The molecule has 13 heavy (non-hydrogen) atoms. The van der Waals surface area contributed by atoms with E-state index in [4.69, 9.17) is 5.11 Å². The van der Waals surface area contributed by atoms with Gasteiger partial charge >= 0.3 is 5.97 Å². The van der Waals surface area contributed by atoms with Crippen molar-refractivity contribution in [1.82, 2.24) is 0 Å². The predicted octanol–water partition coefficient (Wildman–Crippen LogP) is 0.366. The van der Waals surface area contributed by atoms with Gasteiger partial charge in [0.25, 0.3) is 0 Å². The SMILES string of the molecule is C=C(C)C(=O)C(=CC(=O)O)OC.[Na]. The van der Waals surface area contributed by atoms with Crippen LogP contribution in [-0.4, -0.2) is 53.5 Å². The average molecular weight is 193 g/mol. The third-order valence-corrected chi connectivity index (χ3v) is 1.09. The first kappa shape index (κ1) is 14.9. The van der Waals surface area contributed by atoms with Crippen LogP contribution in [0.2, 0.25) is 0 Å². The van der Waals surface area contributed by atoms with E-state index in [0.717, 1.165) is 0 Å². The zero-order valence-electron chi connectivity index (χ0n) is 7.96. The van der Waals surface area contributed by atoms with Gasteiger partial charge in [0.05, 0.1) is 13.2 Å². The zero-order chi connectivity index (χ0) is 9.72. The van der Waals surface area contributed by atoms with Gasteiger partial charge in [0.2, 0.25) is 5.78 Å². The van der Waals surface area contributed by atoms with E-state index >= 15 is 0 Å². The summed E-state index contributed by atoms with van der Waals surface area (Å²) in [6, 6.07) is 0. The molecule has 67 valence electrons. The quantitative estimate of drug-likeness (QED) is 0.398. The normalized spacial score (nSPS) is 9.85. The molecule has 0 aromatic carbocycles. The van der Waals surface area contributed by atoms with E-state index < -0.39 is 11.8 Å². The van der Waals surface area contributed by atoms with E-state index in [0.29, 0.717) is 6.08 Å². The molecule has 4 nitrogen and oxygen atoms in total. The number of hydrogen-bond donors (Lipinski definition) is 1. The van der Waals surface area contributed by atoms with Crippen molar-refractivity contribution in [2.75, 3.05) is 7.11 Å². The van der Waals surface area contributed by atoms with Gasteiger partial charge < -0.3 is 9.84 Å². The molecule has 0 aromatic rings. The van der Waals surface area contributed by atoms with Crippen LogP contribution < -0.4 is 0 Å². The van der Waals surface area contributed by atoms with Crippen molar-refractivity contribution < 1.29 is 19.4 Å². The molecule has 0 saturated carbocycles. The number of ketones is 1. The van der Waals surface area contributed by atoms with E-state index in [1.807, 2.05) is 0 Å². The van der Waals surface area contributed by atoms with Gasteiger partial charge in [0, 0.05) is 29.6 Å². The van der Waals surface area contributed by atoms with E-state index in [1.165, 1.54) is 14.0 Å². The molecule has 0 aliphatic rings. The van der Waals surface area contributed by atoms with E-state index in [9.17, 15) is 9.59 Å². The number of hydrogen-bond acceptors (Lipinski definition) is 3. The zero-order valence-corrected chi connectivity index (χ0v) is 9.96. The maximum atomic E-state index is 11.1. The van der Waals surface area contributed by atoms with Crippen molar-refractivity contribution in [2.45, 2.75) is 6.92 Å². The average Bonchev–Trinajstić information content (AvgIpc) is 1.98. The molecule has 0 aliphatic heterocycles. The molecule has 0 spiro atoms. The van der Waals surface area contributed by atoms with Crippen LogP contribution in [-0.2, 0) is 14.3 Å². The number of carboxylic acids is 1. The Morgan fingerprint density at radius 1 is 1.46 bits per heavy atom. The van der Waals surface area contributed by atoms with Crippen molar-refractivity contribution >= 4 is 41.3 Å². The second-order valence-corrected chi connectivity index (χ2v) is 2.16. The third-order valence-electron chi connectivity index (χ3n) is 1.09. The Labute approximate surface area is 98.6 Å². The molecule has 0 fully saturated rings. The molecule has 0 amide bonds. The molecule has 0 atom stereocenters. The molecule has 0 aliphatic carbocycles. The molecule has 0 rings (SSSR count). The Morgan fingerprint density at radius 3 is 2.15 bits per heavy atom. The molecule has 0 aromatic heterocycles. The van der Waals surface area contributed by atoms with Gasteiger partial charge in [-0.3, -0.25) is 4.79 Å². The molecular formula is C8H10NaO4. The Kier molecular flexibility index (Phi) is 7.90. The first-order valence-corrected chi connectivity index (χ1v) is 3.18. The van der Waals surface area contributed by atoms with Crippen molar-refractivity contribution in [3.63, 3.8) is 0 Å². The number of rotatable bonds is 4. The van der Waals surface area contributed by atoms with Crippen LogP contribution in [0.4, 0.5) is 0 Å². The maximum Gasteiger partial charge on any atom is 0.332 e. The minimum absolute atomic E-state index is 0. The Morgan fingerprint density at radius 2 is 1.92 bits per heavy atom. The van der Waals surface area contributed by atoms with Gasteiger partial charge in [-0.2, -0.15) is 0 Å². The summed E-state index contributed by atoms with van der Waals surface area (Å²) in [6.45, 7) is 4.85. The number of ether oxygens (including phenoxy) is 1. The summed E-state index contributed by atoms with van der Waals surface area (Å²) in [5, 5.41) is 8.31. The van der Waals surface area contributed by atoms with E-state index in [-0.39, 0.29) is 40.9 Å². The van der Waals surface area contributed by atoms with Crippen LogP contribution in [0.1, 0.15) is 6.92 Å². The summed E-state index contributed by atoms with van der Waals surface area (Å²) in [6.07, 6.45) is 0.705. The molecule has 5 heteroatoms. The van der Waals surface area contributed by atoms with Crippen LogP contribution >= 0.6 is 0 Å². The van der Waals surface area contributed by atoms with Crippen LogP contribution in [0.3, 0.4) is 0 Å². The smallest absolute Gasteiger partial charge is 0.332 e. The fraction of sp³-hybridized carbons (Fsp3) is 0.250. The minimum Gasteiger partial charge on any atom is -0.492 e. The van der Waals surface area contributed by atoms with Crippen molar-refractivity contribution in [3.05, 3.63) is 24.0 Å². The van der Waals surface area contributed by atoms with Crippen molar-refractivity contribution in [3.8, 4) is 0 Å². The number of methoxy groups -OCH3 is 1. The summed E-state index contributed by atoms with van der Waals surface area (Å²) >= 11 is 0. The monoisotopic (exact) mass is 193 g/mol. The number of carboxylic acid groups (broad SMARTS) is 1. The Balaban J connectivity index is 0. The van der Waals surface area contributed by atoms with Crippen LogP contribution in [0.15, 0.2) is 24.0 Å². The van der Waals surface area contributed by atoms with Crippen molar-refractivity contribution in [2.24, 2.45) is 0 Å². The number of carbonyl (C=O) groups excluding carboxylic acids is 1. The number of Topliss-reactive ketones (excluding diaryl/α,β-unsaturated/α-hetero) is 1. The molecule has 0 saturated heterocycles. The second kappa shape index (κ2) is 6.88. The van der Waals surface area contributed by atoms with Gasteiger partial charge in [-0.1, -0.05) is 6.58 Å². The van der Waals surface area contributed by atoms with Crippen LogP contribution in [0, 0.1) is 0 Å². The van der Waals surface area contributed by atoms with E-state index in [1.54, 1.807) is 0 Å².